The third-order valence-electron chi connectivity index (χ3n) is 5.47. The molecular formula is C23H23Cl2N3O4. The van der Waals surface area contributed by atoms with Crippen LogP contribution < -0.4 is 19.5 Å². The number of rotatable bonds is 5. The van der Waals surface area contributed by atoms with E-state index in [1.165, 1.54) is 21.3 Å². The lowest BCUT2D eigenvalue weighted by Crippen LogP contribution is -2.44. The molecule has 0 saturated carbocycles. The predicted octanol–water partition coefficient (Wildman–Crippen LogP) is 5.46. The van der Waals surface area contributed by atoms with Crippen molar-refractivity contribution in [2.45, 2.75) is 12.6 Å². The molecular weight excluding hydrogens is 453 g/mol. The molecule has 1 aliphatic heterocycles. The highest BCUT2D eigenvalue weighted by Crippen LogP contribution is 2.41. The van der Waals surface area contributed by atoms with Gasteiger partial charge in [-0.25, -0.2) is 4.79 Å². The largest absolute Gasteiger partial charge is 0.493 e. The second kappa shape index (κ2) is 9.22. The summed E-state index contributed by atoms with van der Waals surface area (Å²) in [5, 5.41) is 4.00. The molecule has 1 aromatic heterocycles. The van der Waals surface area contributed by atoms with E-state index in [-0.39, 0.29) is 12.1 Å². The number of hydrogen-bond acceptors (Lipinski definition) is 4. The number of methoxy groups -OCH3 is 3. The Kier molecular flexibility index (Phi) is 6.39. The van der Waals surface area contributed by atoms with Crippen molar-refractivity contribution < 1.29 is 19.0 Å². The summed E-state index contributed by atoms with van der Waals surface area (Å²) in [7, 11) is 4.59. The lowest BCUT2D eigenvalue weighted by atomic mass is 10.00. The van der Waals surface area contributed by atoms with E-state index in [2.05, 4.69) is 9.88 Å². The fourth-order valence-corrected chi connectivity index (χ4v) is 4.51. The highest BCUT2D eigenvalue weighted by molar-refractivity contribution is 6.35. The van der Waals surface area contributed by atoms with Gasteiger partial charge in [0.15, 0.2) is 11.5 Å². The molecule has 2 aromatic carbocycles. The van der Waals surface area contributed by atoms with Gasteiger partial charge in [0.2, 0.25) is 5.75 Å². The van der Waals surface area contributed by atoms with Crippen LogP contribution in [-0.2, 0) is 6.54 Å². The summed E-state index contributed by atoms with van der Waals surface area (Å²) < 4.78 is 18.3. The minimum absolute atomic E-state index is 0.275. The highest BCUT2D eigenvalue weighted by Gasteiger charge is 2.33. The number of ether oxygens (including phenoxy) is 3. The van der Waals surface area contributed by atoms with Crippen LogP contribution in [0, 0.1) is 0 Å². The molecule has 0 radical (unpaired) electrons. The summed E-state index contributed by atoms with van der Waals surface area (Å²) in [5.74, 6) is 1.36. The normalized spacial score (nSPS) is 15.2. The van der Waals surface area contributed by atoms with Crippen LogP contribution in [0.25, 0.3) is 0 Å². The number of nitrogens with zero attached hydrogens (tertiary/aromatic N) is 2. The Hall–Kier alpha value is -3.03. The Balaban J connectivity index is 1.70. The van der Waals surface area contributed by atoms with Gasteiger partial charge in [-0.2, -0.15) is 0 Å². The summed E-state index contributed by atoms with van der Waals surface area (Å²) >= 11 is 12.6. The van der Waals surface area contributed by atoms with Gasteiger partial charge in [-0.15, -0.1) is 0 Å². The van der Waals surface area contributed by atoms with Gasteiger partial charge < -0.3 is 29.0 Å². The number of benzene rings is 2. The van der Waals surface area contributed by atoms with Gasteiger partial charge >= 0.3 is 6.03 Å². The summed E-state index contributed by atoms with van der Waals surface area (Å²) in [4.78, 5) is 15.2. The van der Waals surface area contributed by atoms with Crippen LogP contribution in [0.15, 0.2) is 48.7 Å². The summed E-state index contributed by atoms with van der Waals surface area (Å²) in [6.45, 7) is 1.17. The van der Waals surface area contributed by atoms with Crippen molar-refractivity contribution in [1.82, 2.24) is 9.47 Å². The molecule has 0 spiro atoms. The number of halogens is 2. The third-order valence-corrected chi connectivity index (χ3v) is 6.03. The molecule has 7 nitrogen and oxygen atoms in total. The van der Waals surface area contributed by atoms with E-state index in [0.29, 0.717) is 46.1 Å². The molecule has 1 atom stereocenters. The molecule has 0 saturated heterocycles. The van der Waals surface area contributed by atoms with Gasteiger partial charge in [0.05, 0.1) is 27.0 Å². The maximum Gasteiger partial charge on any atom is 0.322 e. The van der Waals surface area contributed by atoms with Crippen molar-refractivity contribution >= 4 is 34.9 Å². The Morgan fingerprint density at radius 2 is 1.72 bits per heavy atom. The van der Waals surface area contributed by atoms with Crippen LogP contribution in [0.5, 0.6) is 17.2 Å². The van der Waals surface area contributed by atoms with Crippen LogP contribution in [0.3, 0.4) is 0 Å². The highest BCUT2D eigenvalue weighted by atomic mass is 35.5. The van der Waals surface area contributed by atoms with E-state index in [1.807, 2.05) is 24.4 Å². The van der Waals surface area contributed by atoms with Crippen LogP contribution in [0.2, 0.25) is 10.0 Å². The maximum absolute atomic E-state index is 13.4. The Morgan fingerprint density at radius 1 is 1.00 bits per heavy atom. The molecule has 1 N–H and O–H groups in total. The Bertz CT molecular complexity index is 1120. The lowest BCUT2D eigenvalue weighted by Gasteiger charge is -2.37. The van der Waals surface area contributed by atoms with Crippen LogP contribution in [0.1, 0.15) is 17.3 Å². The van der Waals surface area contributed by atoms with E-state index < -0.39 is 0 Å². The Morgan fingerprint density at radius 3 is 2.34 bits per heavy atom. The molecule has 0 fully saturated rings. The van der Waals surface area contributed by atoms with Crippen molar-refractivity contribution in [3.8, 4) is 17.2 Å². The van der Waals surface area contributed by atoms with Gasteiger partial charge in [-0.3, -0.25) is 0 Å². The van der Waals surface area contributed by atoms with Gasteiger partial charge in [0.1, 0.15) is 6.04 Å². The first kappa shape index (κ1) is 22.2. The maximum atomic E-state index is 13.4. The van der Waals surface area contributed by atoms with Crippen molar-refractivity contribution in [3.63, 3.8) is 0 Å². The molecule has 1 unspecified atom stereocenters. The van der Waals surface area contributed by atoms with E-state index in [1.54, 1.807) is 29.2 Å². The Labute approximate surface area is 196 Å². The first-order valence-corrected chi connectivity index (χ1v) is 10.7. The molecule has 4 rings (SSSR count). The third kappa shape index (κ3) is 4.06. The van der Waals surface area contributed by atoms with Gasteiger partial charge in [0, 0.05) is 47.2 Å². The molecule has 32 heavy (non-hydrogen) atoms. The van der Waals surface area contributed by atoms with E-state index in [0.717, 1.165) is 11.3 Å². The van der Waals surface area contributed by atoms with Crippen LogP contribution in [0.4, 0.5) is 10.5 Å². The minimum atomic E-state index is -0.370. The second-order valence-corrected chi connectivity index (χ2v) is 8.08. The SMILES string of the molecule is COc1cc(NC(=O)N2CCn3cccc3C2c2ccc(Cl)cc2Cl)cc(OC)c1OC. The zero-order valence-electron chi connectivity index (χ0n) is 17.9. The molecule has 2 amide bonds. The fraction of sp³-hybridized carbons (Fsp3) is 0.261. The van der Waals surface area contributed by atoms with Crippen molar-refractivity contribution in [1.29, 1.82) is 0 Å². The monoisotopic (exact) mass is 475 g/mol. The minimum Gasteiger partial charge on any atom is -0.493 e. The lowest BCUT2D eigenvalue weighted by molar-refractivity contribution is 0.182. The molecule has 3 aromatic rings. The number of carbonyl (C=O) groups is 1. The second-order valence-electron chi connectivity index (χ2n) is 7.23. The van der Waals surface area contributed by atoms with Gasteiger partial charge in [0.25, 0.3) is 0 Å². The fourth-order valence-electron chi connectivity index (χ4n) is 4.00. The molecule has 0 bridgehead atoms. The number of nitrogens with one attached hydrogen (secondary N) is 1. The standard InChI is InChI=1S/C23H23Cl2N3O4/c1-30-19-12-15(13-20(31-2)22(19)32-3)26-23(29)28-10-9-27-8-4-5-18(27)21(28)16-7-6-14(24)11-17(16)25/h4-8,11-13,21H,9-10H2,1-3H3,(H,26,29). The van der Waals surface area contributed by atoms with Gasteiger partial charge in [-0.05, 0) is 29.8 Å². The van der Waals surface area contributed by atoms with Crippen molar-refractivity contribution in [2.24, 2.45) is 0 Å². The van der Waals surface area contributed by atoms with Crippen molar-refractivity contribution in [3.05, 3.63) is 70.0 Å². The zero-order chi connectivity index (χ0) is 22.8. The average molecular weight is 476 g/mol. The van der Waals surface area contributed by atoms with Crippen LogP contribution in [-0.4, -0.2) is 43.4 Å². The first-order valence-electron chi connectivity index (χ1n) is 9.94. The molecule has 9 heteroatoms. The summed E-state index contributed by atoms with van der Waals surface area (Å²) in [6.07, 6.45) is 2.00. The molecule has 1 aliphatic rings. The quantitative estimate of drug-likeness (QED) is 0.532. The average Bonchev–Trinajstić information content (AvgIpc) is 3.27. The molecule has 2 heterocycles. The number of hydrogen-bond donors (Lipinski definition) is 1. The number of carbonyl (C=O) groups excluding carboxylic acids is 1. The topological polar surface area (TPSA) is 65.0 Å². The summed E-state index contributed by atoms with van der Waals surface area (Å²) in [5.41, 5.74) is 2.29. The van der Waals surface area contributed by atoms with E-state index in [4.69, 9.17) is 37.4 Å². The van der Waals surface area contributed by atoms with E-state index in [9.17, 15) is 4.79 Å². The van der Waals surface area contributed by atoms with Crippen molar-refractivity contribution in [2.75, 3.05) is 33.2 Å². The smallest absolute Gasteiger partial charge is 0.322 e. The van der Waals surface area contributed by atoms with E-state index >= 15 is 0 Å². The number of amides is 2. The first-order chi connectivity index (χ1) is 15.5. The molecule has 168 valence electrons. The van der Waals surface area contributed by atoms with Crippen LogP contribution >= 0.6 is 23.2 Å². The number of aromatic nitrogens is 1. The predicted molar refractivity (Wildman–Crippen MR) is 125 cm³/mol. The summed E-state index contributed by atoms with van der Waals surface area (Å²) in [6, 6.07) is 12.0. The number of fused-ring (bicyclic) bond motifs is 1. The zero-order valence-corrected chi connectivity index (χ0v) is 19.4. The molecule has 0 aliphatic carbocycles. The number of anilines is 1. The van der Waals surface area contributed by atoms with Gasteiger partial charge in [-0.1, -0.05) is 29.3 Å². The number of urea groups is 1.